The van der Waals surface area contributed by atoms with Crippen LogP contribution in [0.1, 0.15) is 5.56 Å². The van der Waals surface area contributed by atoms with E-state index in [0.717, 1.165) is 0 Å². The van der Waals surface area contributed by atoms with E-state index in [2.05, 4.69) is 10.0 Å². The molecule has 7 heteroatoms. The van der Waals surface area contributed by atoms with Gasteiger partial charge in [-0.3, -0.25) is 0 Å². The molecule has 0 aliphatic heterocycles. The zero-order valence-corrected chi connectivity index (χ0v) is 10.9. The van der Waals surface area contributed by atoms with Crippen molar-refractivity contribution in [2.75, 3.05) is 19.3 Å². The molecular formula is C10H14ClFN2O2S. The fourth-order valence-electron chi connectivity index (χ4n) is 1.25. The van der Waals surface area contributed by atoms with Gasteiger partial charge in [0, 0.05) is 18.1 Å². The highest BCUT2D eigenvalue weighted by Gasteiger charge is 2.05. The predicted octanol–water partition coefficient (Wildman–Crippen LogP) is 1.12. The predicted molar refractivity (Wildman–Crippen MR) is 66.0 cm³/mol. The van der Waals surface area contributed by atoms with Crippen molar-refractivity contribution in [2.24, 2.45) is 0 Å². The van der Waals surface area contributed by atoms with Crippen molar-refractivity contribution in [3.63, 3.8) is 0 Å². The molecule has 0 aromatic heterocycles. The Morgan fingerprint density at radius 2 is 2.06 bits per heavy atom. The summed E-state index contributed by atoms with van der Waals surface area (Å²) in [4.78, 5) is 0. The number of halogens is 2. The van der Waals surface area contributed by atoms with Gasteiger partial charge < -0.3 is 5.32 Å². The number of benzene rings is 1. The molecule has 1 rings (SSSR count). The van der Waals surface area contributed by atoms with E-state index in [1.807, 2.05) is 0 Å². The summed E-state index contributed by atoms with van der Waals surface area (Å²) in [5, 5.41) is 3.23. The van der Waals surface area contributed by atoms with Crippen LogP contribution in [0.5, 0.6) is 0 Å². The average Bonchev–Trinajstić information content (AvgIpc) is 2.23. The topological polar surface area (TPSA) is 58.2 Å². The highest BCUT2D eigenvalue weighted by atomic mass is 35.5. The summed E-state index contributed by atoms with van der Waals surface area (Å²) in [6.45, 7) is 0.661. The molecule has 1 aromatic rings. The van der Waals surface area contributed by atoms with E-state index in [4.69, 9.17) is 11.6 Å². The standard InChI is InChI=1S/C10H14ClFN2O2S/c1-13-17(15,16)3-2-14-7-8-4-9(11)6-10(12)5-8/h4-6,13-14H,2-3,7H2,1H3. The van der Waals surface area contributed by atoms with Crippen molar-refractivity contribution in [1.82, 2.24) is 10.0 Å². The minimum absolute atomic E-state index is 0.0213. The van der Waals surface area contributed by atoms with Crippen molar-refractivity contribution in [3.8, 4) is 0 Å². The van der Waals surface area contributed by atoms with Crippen LogP contribution in [-0.2, 0) is 16.6 Å². The van der Waals surface area contributed by atoms with Crippen LogP contribution in [0.15, 0.2) is 18.2 Å². The van der Waals surface area contributed by atoms with Gasteiger partial charge >= 0.3 is 0 Å². The third kappa shape index (κ3) is 5.45. The average molecular weight is 281 g/mol. The molecule has 1 aromatic carbocycles. The fraction of sp³-hybridized carbons (Fsp3) is 0.400. The Morgan fingerprint density at radius 3 is 2.65 bits per heavy atom. The highest BCUT2D eigenvalue weighted by molar-refractivity contribution is 7.89. The van der Waals surface area contributed by atoms with Gasteiger partial charge in [-0.1, -0.05) is 11.6 Å². The number of hydrogen-bond acceptors (Lipinski definition) is 3. The summed E-state index contributed by atoms with van der Waals surface area (Å²) in [5.74, 6) is -0.427. The van der Waals surface area contributed by atoms with Gasteiger partial charge in [0.15, 0.2) is 0 Å². The van der Waals surface area contributed by atoms with Crippen molar-refractivity contribution in [2.45, 2.75) is 6.54 Å². The Bertz CT molecular complexity index is 459. The van der Waals surface area contributed by atoms with Crippen LogP contribution in [0.4, 0.5) is 4.39 Å². The first kappa shape index (κ1) is 14.4. The third-order valence-electron chi connectivity index (χ3n) is 2.11. The first-order valence-electron chi connectivity index (χ1n) is 5.00. The molecule has 0 spiro atoms. The summed E-state index contributed by atoms with van der Waals surface area (Å²) >= 11 is 5.68. The Labute approximate surface area is 105 Å². The second kappa shape index (κ2) is 6.30. The van der Waals surface area contributed by atoms with Gasteiger partial charge in [-0.25, -0.2) is 17.5 Å². The van der Waals surface area contributed by atoms with Gasteiger partial charge in [0.25, 0.3) is 0 Å². The molecule has 0 amide bonds. The maximum Gasteiger partial charge on any atom is 0.212 e. The normalized spacial score (nSPS) is 11.7. The molecule has 0 fully saturated rings. The molecule has 0 heterocycles. The van der Waals surface area contributed by atoms with Crippen LogP contribution in [0.2, 0.25) is 5.02 Å². The number of rotatable bonds is 6. The zero-order chi connectivity index (χ0) is 12.9. The second-order valence-corrected chi connectivity index (χ2v) is 5.96. The van der Waals surface area contributed by atoms with Crippen LogP contribution in [0.3, 0.4) is 0 Å². The number of nitrogens with one attached hydrogen (secondary N) is 2. The van der Waals surface area contributed by atoms with Gasteiger partial charge in [-0.2, -0.15) is 0 Å². The molecule has 0 saturated heterocycles. The molecule has 0 bridgehead atoms. The van der Waals surface area contributed by atoms with Gasteiger partial charge in [0.2, 0.25) is 10.0 Å². The van der Waals surface area contributed by atoms with Crippen molar-refractivity contribution >= 4 is 21.6 Å². The minimum atomic E-state index is -3.20. The van der Waals surface area contributed by atoms with Crippen molar-refractivity contribution in [1.29, 1.82) is 0 Å². The number of sulfonamides is 1. The lowest BCUT2D eigenvalue weighted by atomic mass is 10.2. The van der Waals surface area contributed by atoms with Crippen molar-refractivity contribution < 1.29 is 12.8 Å². The summed E-state index contributed by atoms with van der Waals surface area (Å²) in [6, 6.07) is 4.20. The number of hydrogen-bond donors (Lipinski definition) is 2. The maximum atomic E-state index is 13.0. The first-order chi connectivity index (χ1) is 7.93. The molecule has 0 unspecified atom stereocenters. The quantitative estimate of drug-likeness (QED) is 0.768. The lowest BCUT2D eigenvalue weighted by molar-refractivity contribution is 0.582. The Morgan fingerprint density at radius 1 is 1.35 bits per heavy atom. The maximum absolute atomic E-state index is 13.0. The SMILES string of the molecule is CNS(=O)(=O)CCNCc1cc(F)cc(Cl)c1. The van der Waals surface area contributed by atoms with E-state index in [1.165, 1.54) is 19.2 Å². The van der Waals surface area contributed by atoms with Crippen LogP contribution >= 0.6 is 11.6 Å². The first-order valence-corrected chi connectivity index (χ1v) is 7.03. The molecule has 0 saturated carbocycles. The molecule has 0 radical (unpaired) electrons. The summed E-state index contributed by atoms with van der Waals surface area (Å²) in [7, 11) is -1.84. The lowest BCUT2D eigenvalue weighted by Gasteiger charge is -2.06. The molecule has 4 nitrogen and oxygen atoms in total. The summed E-state index contributed by atoms with van der Waals surface area (Å²) in [5.41, 5.74) is 0.678. The Balaban J connectivity index is 2.41. The van der Waals surface area contributed by atoms with Gasteiger partial charge in [0.05, 0.1) is 5.75 Å². The lowest BCUT2D eigenvalue weighted by Crippen LogP contribution is -2.29. The van der Waals surface area contributed by atoms with E-state index in [9.17, 15) is 12.8 Å². The molecule has 2 N–H and O–H groups in total. The highest BCUT2D eigenvalue weighted by Crippen LogP contribution is 2.13. The smallest absolute Gasteiger partial charge is 0.212 e. The molecule has 17 heavy (non-hydrogen) atoms. The monoisotopic (exact) mass is 280 g/mol. The third-order valence-corrected chi connectivity index (χ3v) is 3.69. The Kier molecular flexibility index (Phi) is 5.32. The Hall–Kier alpha value is -0.690. The molecule has 0 aliphatic carbocycles. The van der Waals surface area contributed by atoms with Crippen LogP contribution in [-0.4, -0.2) is 27.8 Å². The minimum Gasteiger partial charge on any atom is -0.312 e. The van der Waals surface area contributed by atoms with Crippen LogP contribution < -0.4 is 10.0 Å². The molecule has 0 aliphatic rings. The molecular weight excluding hydrogens is 267 g/mol. The van der Waals surface area contributed by atoms with Gasteiger partial charge in [0.1, 0.15) is 5.82 Å². The van der Waals surface area contributed by atoms with E-state index < -0.39 is 15.8 Å². The van der Waals surface area contributed by atoms with Gasteiger partial charge in [-0.05, 0) is 30.8 Å². The summed E-state index contributed by atoms with van der Waals surface area (Å²) < 4.78 is 37.3. The van der Waals surface area contributed by atoms with E-state index in [1.54, 1.807) is 6.07 Å². The fourth-order valence-corrected chi connectivity index (χ4v) is 2.12. The molecule has 96 valence electrons. The van der Waals surface area contributed by atoms with Crippen LogP contribution in [0, 0.1) is 5.82 Å². The van der Waals surface area contributed by atoms with Crippen LogP contribution in [0.25, 0.3) is 0 Å². The van der Waals surface area contributed by atoms with E-state index >= 15 is 0 Å². The van der Waals surface area contributed by atoms with E-state index in [-0.39, 0.29) is 12.3 Å². The zero-order valence-electron chi connectivity index (χ0n) is 9.33. The van der Waals surface area contributed by atoms with Gasteiger partial charge in [-0.15, -0.1) is 0 Å². The second-order valence-electron chi connectivity index (χ2n) is 3.48. The summed E-state index contributed by atoms with van der Waals surface area (Å²) in [6.07, 6.45) is 0. The largest absolute Gasteiger partial charge is 0.312 e. The van der Waals surface area contributed by atoms with E-state index in [0.29, 0.717) is 17.1 Å². The molecule has 0 atom stereocenters. The van der Waals surface area contributed by atoms with Crippen molar-refractivity contribution in [3.05, 3.63) is 34.6 Å².